The predicted molar refractivity (Wildman–Crippen MR) is 49.6 cm³/mol. The average Bonchev–Trinajstić information content (AvgIpc) is 1.91. The summed E-state index contributed by atoms with van der Waals surface area (Å²) in [6.45, 7) is 2.12. The predicted octanol–water partition coefficient (Wildman–Crippen LogP) is 0.663. The van der Waals surface area contributed by atoms with Crippen LogP contribution in [0.25, 0.3) is 0 Å². The van der Waals surface area contributed by atoms with Crippen LogP contribution in [0.4, 0.5) is 0 Å². The SMILES string of the molecule is CC1CCC(NS(=O)(=O)O)CS1. The van der Waals surface area contributed by atoms with Crippen LogP contribution in [0.2, 0.25) is 0 Å². The molecule has 2 atom stereocenters. The summed E-state index contributed by atoms with van der Waals surface area (Å²) in [5, 5.41) is 0.601. The van der Waals surface area contributed by atoms with Crippen LogP contribution in [0.15, 0.2) is 0 Å². The molecule has 0 aromatic rings. The lowest BCUT2D eigenvalue weighted by Crippen LogP contribution is -2.38. The van der Waals surface area contributed by atoms with Gasteiger partial charge in [-0.2, -0.15) is 24.9 Å². The van der Waals surface area contributed by atoms with E-state index >= 15 is 0 Å². The molecule has 1 heterocycles. The Kier molecular flexibility index (Phi) is 3.39. The molecule has 0 spiro atoms. The van der Waals surface area contributed by atoms with E-state index in [0.29, 0.717) is 5.25 Å². The van der Waals surface area contributed by atoms with Gasteiger partial charge in [0.15, 0.2) is 0 Å². The average molecular weight is 211 g/mol. The summed E-state index contributed by atoms with van der Waals surface area (Å²) in [6, 6.07) is -0.0961. The van der Waals surface area contributed by atoms with Crippen LogP contribution < -0.4 is 4.72 Å². The van der Waals surface area contributed by atoms with Crippen LogP contribution in [-0.2, 0) is 10.3 Å². The van der Waals surface area contributed by atoms with Crippen LogP contribution in [0, 0.1) is 0 Å². The van der Waals surface area contributed by atoms with Gasteiger partial charge < -0.3 is 0 Å². The van der Waals surface area contributed by atoms with Crippen molar-refractivity contribution < 1.29 is 13.0 Å². The number of hydrogen-bond acceptors (Lipinski definition) is 3. The molecule has 4 nitrogen and oxygen atoms in total. The van der Waals surface area contributed by atoms with E-state index in [1.165, 1.54) is 0 Å². The topological polar surface area (TPSA) is 66.4 Å². The molecule has 1 aliphatic heterocycles. The van der Waals surface area contributed by atoms with Crippen molar-refractivity contribution in [3.05, 3.63) is 0 Å². The van der Waals surface area contributed by atoms with Crippen LogP contribution in [0.3, 0.4) is 0 Å². The molecule has 1 fully saturated rings. The van der Waals surface area contributed by atoms with Gasteiger partial charge in [-0.3, -0.25) is 4.55 Å². The molecule has 2 N–H and O–H groups in total. The van der Waals surface area contributed by atoms with Gasteiger partial charge in [0.25, 0.3) is 0 Å². The van der Waals surface area contributed by atoms with Crippen LogP contribution in [-0.4, -0.2) is 30.0 Å². The summed E-state index contributed by atoms with van der Waals surface area (Å²) < 4.78 is 31.5. The van der Waals surface area contributed by atoms with Crippen molar-refractivity contribution in [2.75, 3.05) is 5.75 Å². The number of hydrogen-bond donors (Lipinski definition) is 2. The van der Waals surface area contributed by atoms with E-state index in [4.69, 9.17) is 4.55 Å². The Morgan fingerprint density at radius 3 is 2.58 bits per heavy atom. The van der Waals surface area contributed by atoms with Crippen LogP contribution in [0.5, 0.6) is 0 Å². The molecular formula is C6H13NO3S2. The first-order valence-electron chi connectivity index (χ1n) is 3.84. The first kappa shape index (κ1) is 10.3. The molecule has 1 aliphatic rings. The molecule has 72 valence electrons. The normalized spacial score (nSPS) is 31.8. The van der Waals surface area contributed by atoms with Crippen molar-refractivity contribution in [3.63, 3.8) is 0 Å². The maximum atomic E-state index is 10.4. The van der Waals surface area contributed by atoms with Crippen LogP contribution in [0.1, 0.15) is 19.8 Å². The molecule has 1 rings (SSSR count). The fourth-order valence-electron chi connectivity index (χ4n) is 1.19. The van der Waals surface area contributed by atoms with E-state index in [-0.39, 0.29) is 6.04 Å². The van der Waals surface area contributed by atoms with Crippen molar-refractivity contribution >= 4 is 22.1 Å². The molecule has 0 aliphatic carbocycles. The number of nitrogens with one attached hydrogen (secondary N) is 1. The van der Waals surface area contributed by atoms with Gasteiger partial charge in [-0.05, 0) is 12.8 Å². The largest absolute Gasteiger partial charge is 0.333 e. The van der Waals surface area contributed by atoms with E-state index in [2.05, 4.69) is 11.6 Å². The summed E-state index contributed by atoms with van der Waals surface area (Å²) in [4.78, 5) is 0. The molecule has 0 bridgehead atoms. The van der Waals surface area contributed by atoms with Crippen molar-refractivity contribution in [2.24, 2.45) is 0 Å². The smallest absolute Gasteiger partial charge is 0.273 e. The highest BCUT2D eigenvalue weighted by Gasteiger charge is 2.21. The Labute approximate surface area is 77.0 Å². The van der Waals surface area contributed by atoms with E-state index in [9.17, 15) is 8.42 Å². The minimum atomic E-state index is -4.00. The minimum absolute atomic E-state index is 0.0961. The first-order valence-corrected chi connectivity index (χ1v) is 6.32. The third kappa shape index (κ3) is 3.75. The second-order valence-corrected chi connectivity index (χ2v) is 5.67. The molecule has 1 saturated heterocycles. The molecule has 0 saturated carbocycles. The third-order valence-corrected chi connectivity index (χ3v) is 3.85. The van der Waals surface area contributed by atoms with Gasteiger partial charge in [-0.25, -0.2) is 0 Å². The zero-order chi connectivity index (χ0) is 9.19. The minimum Gasteiger partial charge on any atom is -0.273 e. The van der Waals surface area contributed by atoms with Crippen molar-refractivity contribution in [2.45, 2.75) is 31.1 Å². The van der Waals surface area contributed by atoms with E-state index in [1.54, 1.807) is 11.8 Å². The molecule has 0 aromatic carbocycles. The fourth-order valence-corrected chi connectivity index (χ4v) is 3.03. The van der Waals surface area contributed by atoms with Crippen molar-refractivity contribution in [1.82, 2.24) is 4.72 Å². The lowest BCUT2D eigenvalue weighted by molar-refractivity contribution is 0.447. The van der Waals surface area contributed by atoms with Gasteiger partial charge in [0, 0.05) is 17.0 Å². The van der Waals surface area contributed by atoms with Crippen molar-refractivity contribution in [1.29, 1.82) is 0 Å². The van der Waals surface area contributed by atoms with E-state index in [0.717, 1.165) is 18.6 Å². The standard InChI is InChI=1S/C6H13NO3S2/c1-5-2-3-6(4-11-5)7-12(8,9)10/h5-7H,2-4H2,1H3,(H,8,9,10). The van der Waals surface area contributed by atoms with E-state index in [1.807, 2.05) is 0 Å². The summed E-state index contributed by atoms with van der Waals surface area (Å²) in [6.07, 6.45) is 1.81. The van der Waals surface area contributed by atoms with Gasteiger partial charge in [0.05, 0.1) is 0 Å². The zero-order valence-corrected chi connectivity index (χ0v) is 8.49. The molecule has 0 aromatic heterocycles. The Morgan fingerprint density at radius 1 is 1.50 bits per heavy atom. The van der Waals surface area contributed by atoms with E-state index < -0.39 is 10.3 Å². The van der Waals surface area contributed by atoms with Crippen molar-refractivity contribution in [3.8, 4) is 0 Å². The molecular weight excluding hydrogens is 198 g/mol. The quantitative estimate of drug-likeness (QED) is 0.659. The first-order chi connectivity index (χ1) is 5.47. The summed E-state index contributed by atoms with van der Waals surface area (Å²) in [5.74, 6) is 0.751. The van der Waals surface area contributed by atoms with Gasteiger partial charge in [0.1, 0.15) is 0 Å². The second kappa shape index (κ2) is 3.95. The molecule has 12 heavy (non-hydrogen) atoms. The molecule has 0 radical (unpaired) electrons. The Balaban J connectivity index is 2.36. The highest BCUT2D eigenvalue weighted by molar-refractivity contribution is 8.00. The van der Waals surface area contributed by atoms with Gasteiger partial charge in [0.2, 0.25) is 0 Å². The van der Waals surface area contributed by atoms with Gasteiger partial charge >= 0.3 is 10.3 Å². The third-order valence-electron chi connectivity index (χ3n) is 1.82. The fraction of sp³-hybridized carbons (Fsp3) is 1.00. The molecule has 0 amide bonds. The monoisotopic (exact) mass is 211 g/mol. The maximum Gasteiger partial charge on any atom is 0.333 e. The molecule has 6 heteroatoms. The number of thioether (sulfide) groups is 1. The van der Waals surface area contributed by atoms with Gasteiger partial charge in [-0.15, -0.1) is 0 Å². The highest BCUT2D eigenvalue weighted by atomic mass is 32.2. The Hall–Kier alpha value is 0.220. The summed E-state index contributed by atoms with van der Waals surface area (Å²) in [7, 11) is -4.00. The maximum absolute atomic E-state index is 10.4. The highest BCUT2D eigenvalue weighted by Crippen LogP contribution is 2.24. The number of rotatable bonds is 2. The second-order valence-electron chi connectivity index (χ2n) is 3.01. The molecule has 2 unspecified atom stereocenters. The lowest BCUT2D eigenvalue weighted by atomic mass is 10.1. The summed E-state index contributed by atoms with van der Waals surface area (Å²) in [5.41, 5.74) is 0. The Bertz CT molecular complexity index is 231. The van der Waals surface area contributed by atoms with Gasteiger partial charge in [-0.1, -0.05) is 6.92 Å². The lowest BCUT2D eigenvalue weighted by Gasteiger charge is -2.25. The van der Waals surface area contributed by atoms with Crippen LogP contribution >= 0.6 is 11.8 Å². The summed E-state index contributed by atoms with van der Waals surface area (Å²) >= 11 is 1.73. The Morgan fingerprint density at radius 2 is 2.17 bits per heavy atom. The zero-order valence-electron chi connectivity index (χ0n) is 6.86.